The molecule has 4 unspecified atom stereocenters. The highest BCUT2D eigenvalue weighted by Crippen LogP contribution is 2.59. The molecular weight excluding hydrogens is 228 g/mol. The maximum atomic E-state index is 10.4. The Hall–Kier alpha value is -1.76. The van der Waals surface area contributed by atoms with Crippen molar-refractivity contribution in [2.45, 2.75) is 6.42 Å². The van der Waals surface area contributed by atoms with Crippen LogP contribution in [-0.4, -0.2) is 25.2 Å². The molecule has 18 heavy (non-hydrogen) atoms. The summed E-state index contributed by atoms with van der Waals surface area (Å²) in [5, 5.41) is 0. The van der Waals surface area contributed by atoms with Gasteiger partial charge in [0.2, 0.25) is 12.2 Å². The van der Waals surface area contributed by atoms with Crippen LogP contribution in [0.25, 0.3) is 0 Å². The van der Waals surface area contributed by atoms with Gasteiger partial charge in [0.25, 0.3) is 0 Å². The highest BCUT2D eigenvalue weighted by atomic mass is 16.1. The van der Waals surface area contributed by atoms with E-state index in [-0.39, 0.29) is 5.41 Å². The molecule has 4 atom stereocenters. The van der Waals surface area contributed by atoms with E-state index < -0.39 is 0 Å². The standard InChI is InChI=1S/C14H14N2O2/c17-8-15-6-14(7-16-9-18)4-3-12-10-1-2-11(5-10)13(12)14/h1-4,10-13H,5-7H2. The molecule has 3 aliphatic rings. The molecular formula is C14H14N2O2. The molecule has 1 fully saturated rings. The number of hydrogen-bond acceptors (Lipinski definition) is 4. The van der Waals surface area contributed by atoms with Gasteiger partial charge in [0.1, 0.15) is 0 Å². The lowest BCUT2D eigenvalue weighted by Gasteiger charge is -2.35. The third-order valence-corrected chi connectivity index (χ3v) is 4.71. The van der Waals surface area contributed by atoms with Crippen LogP contribution in [0.1, 0.15) is 6.42 Å². The van der Waals surface area contributed by atoms with E-state index in [9.17, 15) is 9.59 Å². The summed E-state index contributed by atoms with van der Waals surface area (Å²) >= 11 is 0. The first-order valence-electron chi connectivity index (χ1n) is 6.26. The van der Waals surface area contributed by atoms with Gasteiger partial charge in [-0.15, -0.1) is 0 Å². The van der Waals surface area contributed by atoms with E-state index in [0.717, 1.165) is 0 Å². The van der Waals surface area contributed by atoms with Crippen molar-refractivity contribution in [2.24, 2.45) is 39.1 Å². The van der Waals surface area contributed by atoms with Crippen molar-refractivity contribution < 1.29 is 9.59 Å². The molecule has 0 heterocycles. The molecule has 0 N–H and O–H groups in total. The molecule has 3 rings (SSSR count). The fourth-order valence-corrected chi connectivity index (χ4v) is 4.07. The average Bonchev–Trinajstić information content (AvgIpc) is 3.07. The lowest BCUT2D eigenvalue weighted by molar-refractivity contribution is 0.199. The number of hydrogen-bond donors (Lipinski definition) is 0. The summed E-state index contributed by atoms with van der Waals surface area (Å²) in [6.07, 6.45) is 13.3. The number of aliphatic imine (C=N–C) groups is 2. The summed E-state index contributed by atoms with van der Waals surface area (Å²) < 4.78 is 0. The van der Waals surface area contributed by atoms with Gasteiger partial charge in [0.05, 0.1) is 13.1 Å². The smallest absolute Gasteiger partial charge is 0.211 e. The largest absolute Gasteiger partial charge is 0.234 e. The van der Waals surface area contributed by atoms with Gasteiger partial charge < -0.3 is 0 Å². The van der Waals surface area contributed by atoms with Crippen molar-refractivity contribution in [3.8, 4) is 0 Å². The fourth-order valence-electron chi connectivity index (χ4n) is 4.07. The van der Waals surface area contributed by atoms with Crippen LogP contribution in [0.4, 0.5) is 0 Å². The number of carbonyl (C=O) groups excluding carboxylic acids is 2. The van der Waals surface area contributed by atoms with Gasteiger partial charge in [0, 0.05) is 5.41 Å². The van der Waals surface area contributed by atoms with Crippen LogP contribution < -0.4 is 0 Å². The van der Waals surface area contributed by atoms with E-state index in [1.54, 1.807) is 12.2 Å². The molecule has 0 aliphatic heterocycles. The van der Waals surface area contributed by atoms with Crippen LogP contribution >= 0.6 is 0 Å². The van der Waals surface area contributed by atoms with Gasteiger partial charge in [-0.3, -0.25) is 0 Å². The molecule has 3 aliphatic carbocycles. The number of isocyanates is 2. The van der Waals surface area contributed by atoms with Gasteiger partial charge in [0.15, 0.2) is 0 Å². The molecule has 0 amide bonds. The van der Waals surface area contributed by atoms with Crippen molar-refractivity contribution >= 4 is 12.2 Å². The lowest BCUT2D eigenvalue weighted by Crippen LogP contribution is -2.37. The number of allylic oxidation sites excluding steroid dienone is 3. The van der Waals surface area contributed by atoms with E-state index in [0.29, 0.717) is 36.8 Å². The minimum Gasteiger partial charge on any atom is -0.211 e. The Balaban J connectivity index is 1.94. The molecule has 2 bridgehead atoms. The molecule has 0 radical (unpaired) electrons. The zero-order valence-corrected chi connectivity index (χ0v) is 9.95. The molecule has 92 valence electrons. The maximum Gasteiger partial charge on any atom is 0.234 e. The summed E-state index contributed by atoms with van der Waals surface area (Å²) in [6, 6.07) is 0. The van der Waals surface area contributed by atoms with E-state index in [2.05, 4.69) is 34.3 Å². The van der Waals surface area contributed by atoms with Crippen molar-refractivity contribution in [1.29, 1.82) is 0 Å². The lowest BCUT2D eigenvalue weighted by atomic mass is 9.70. The van der Waals surface area contributed by atoms with Crippen LogP contribution in [0.15, 0.2) is 34.3 Å². The summed E-state index contributed by atoms with van der Waals surface area (Å²) in [7, 11) is 0. The normalized spacial score (nSPS) is 42.4. The summed E-state index contributed by atoms with van der Waals surface area (Å²) in [5.41, 5.74) is -0.288. The van der Waals surface area contributed by atoms with Gasteiger partial charge in [-0.05, 0) is 30.1 Å². The Morgan fingerprint density at radius 3 is 2.39 bits per heavy atom. The van der Waals surface area contributed by atoms with Crippen LogP contribution in [0, 0.1) is 29.1 Å². The molecule has 0 aromatic rings. The topological polar surface area (TPSA) is 58.9 Å². The third kappa shape index (κ3) is 1.47. The zero-order valence-electron chi connectivity index (χ0n) is 9.95. The number of rotatable bonds is 4. The third-order valence-electron chi connectivity index (χ3n) is 4.71. The minimum atomic E-state index is -0.288. The fraction of sp³-hybridized carbons (Fsp3) is 0.571. The molecule has 4 nitrogen and oxygen atoms in total. The molecule has 0 aromatic carbocycles. The predicted molar refractivity (Wildman–Crippen MR) is 65.3 cm³/mol. The SMILES string of the molecule is O=C=NCC1(CN=C=O)C=CC2C3C=CC(C3)C21. The molecule has 0 aromatic heterocycles. The first-order valence-corrected chi connectivity index (χ1v) is 6.26. The second-order valence-electron chi connectivity index (χ2n) is 5.46. The average molecular weight is 242 g/mol. The van der Waals surface area contributed by atoms with Crippen molar-refractivity contribution in [3.05, 3.63) is 24.3 Å². The predicted octanol–water partition coefficient (Wildman–Crippen LogP) is 1.65. The highest BCUT2D eigenvalue weighted by molar-refractivity contribution is 5.37. The molecule has 1 saturated carbocycles. The van der Waals surface area contributed by atoms with Crippen molar-refractivity contribution in [3.63, 3.8) is 0 Å². The zero-order chi connectivity index (χ0) is 12.6. The number of fused-ring (bicyclic) bond motifs is 5. The Labute approximate surface area is 105 Å². The molecule has 4 heteroatoms. The Morgan fingerprint density at radius 2 is 1.72 bits per heavy atom. The first-order chi connectivity index (χ1) is 8.80. The van der Waals surface area contributed by atoms with Gasteiger partial charge in [-0.1, -0.05) is 24.3 Å². The van der Waals surface area contributed by atoms with E-state index in [4.69, 9.17) is 0 Å². The Bertz CT molecular complexity index is 490. The molecule has 0 spiro atoms. The van der Waals surface area contributed by atoms with Gasteiger partial charge >= 0.3 is 0 Å². The van der Waals surface area contributed by atoms with Gasteiger partial charge in [-0.25, -0.2) is 19.6 Å². The Morgan fingerprint density at radius 1 is 1.06 bits per heavy atom. The molecule has 0 saturated heterocycles. The van der Waals surface area contributed by atoms with E-state index >= 15 is 0 Å². The number of nitrogens with zero attached hydrogens (tertiary/aromatic N) is 2. The second kappa shape index (κ2) is 4.16. The van der Waals surface area contributed by atoms with Gasteiger partial charge in [-0.2, -0.15) is 0 Å². The van der Waals surface area contributed by atoms with Crippen molar-refractivity contribution in [1.82, 2.24) is 0 Å². The summed E-state index contributed by atoms with van der Waals surface area (Å²) in [4.78, 5) is 28.3. The van der Waals surface area contributed by atoms with Crippen LogP contribution in [0.2, 0.25) is 0 Å². The second-order valence-corrected chi connectivity index (χ2v) is 5.46. The summed E-state index contributed by atoms with van der Waals surface area (Å²) in [6.45, 7) is 0.743. The summed E-state index contributed by atoms with van der Waals surface area (Å²) in [5.74, 6) is 2.07. The Kier molecular flexibility index (Phi) is 2.62. The highest BCUT2D eigenvalue weighted by Gasteiger charge is 2.55. The van der Waals surface area contributed by atoms with E-state index in [1.165, 1.54) is 6.42 Å². The van der Waals surface area contributed by atoms with Crippen LogP contribution in [0.3, 0.4) is 0 Å². The first kappa shape index (κ1) is 11.3. The quantitative estimate of drug-likeness (QED) is 0.427. The van der Waals surface area contributed by atoms with Crippen molar-refractivity contribution in [2.75, 3.05) is 13.1 Å². The van der Waals surface area contributed by atoms with Crippen LogP contribution in [0.5, 0.6) is 0 Å². The van der Waals surface area contributed by atoms with Crippen LogP contribution in [-0.2, 0) is 9.59 Å². The maximum absolute atomic E-state index is 10.4. The monoisotopic (exact) mass is 242 g/mol. The van der Waals surface area contributed by atoms with E-state index in [1.807, 2.05) is 0 Å². The minimum absolute atomic E-state index is 0.288.